The van der Waals surface area contributed by atoms with Crippen molar-refractivity contribution in [3.63, 3.8) is 0 Å². The summed E-state index contributed by atoms with van der Waals surface area (Å²) in [5.74, 6) is 1.41. The first-order valence-corrected chi connectivity index (χ1v) is 5.68. The largest absolute Gasteiger partial charge is 0.497 e. The van der Waals surface area contributed by atoms with Crippen LogP contribution in [0.3, 0.4) is 0 Å². The van der Waals surface area contributed by atoms with Gasteiger partial charge in [-0.15, -0.1) is 0 Å². The summed E-state index contributed by atoms with van der Waals surface area (Å²) in [5, 5.41) is 9.60. The first-order chi connectivity index (χ1) is 8.11. The molecule has 0 spiro atoms. The van der Waals surface area contributed by atoms with E-state index in [2.05, 4.69) is 0 Å². The molecule has 0 radical (unpaired) electrons. The number of aliphatic hydroxyl groups is 1. The lowest BCUT2D eigenvalue weighted by atomic mass is 10.3. The third-order valence-corrected chi connectivity index (χ3v) is 2.11. The number of rotatable bonds is 7. The van der Waals surface area contributed by atoms with Crippen molar-refractivity contribution in [2.75, 3.05) is 20.3 Å². The average Bonchev–Trinajstić information content (AvgIpc) is 2.34. The van der Waals surface area contributed by atoms with E-state index in [4.69, 9.17) is 14.2 Å². The molecule has 1 aromatic carbocycles. The summed E-state index contributed by atoms with van der Waals surface area (Å²) < 4.78 is 15.8. The lowest BCUT2D eigenvalue weighted by Crippen LogP contribution is -2.25. The highest BCUT2D eigenvalue weighted by Crippen LogP contribution is 2.18. The van der Waals surface area contributed by atoms with Crippen molar-refractivity contribution < 1.29 is 19.3 Å². The molecule has 0 amide bonds. The number of aliphatic hydroxyl groups excluding tert-OH is 1. The zero-order valence-corrected chi connectivity index (χ0v) is 10.6. The first kappa shape index (κ1) is 13.8. The van der Waals surface area contributed by atoms with E-state index in [1.165, 1.54) is 0 Å². The predicted molar refractivity (Wildman–Crippen MR) is 65.6 cm³/mol. The zero-order valence-electron chi connectivity index (χ0n) is 10.6. The van der Waals surface area contributed by atoms with Crippen LogP contribution in [0, 0.1) is 0 Å². The van der Waals surface area contributed by atoms with Crippen molar-refractivity contribution in [2.24, 2.45) is 0 Å². The van der Waals surface area contributed by atoms with E-state index in [0.717, 1.165) is 5.75 Å². The highest BCUT2D eigenvalue weighted by atomic mass is 16.5. The summed E-state index contributed by atoms with van der Waals surface area (Å²) in [6.07, 6.45) is -0.509. The molecule has 0 saturated heterocycles. The molecule has 0 bridgehead atoms. The van der Waals surface area contributed by atoms with E-state index < -0.39 is 6.10 Å². The fourth-order valence-electron chi connectivity index (χ4n) is 1.24. The van der Waals surface area contributed by atoms with Crippen LogP contribution in [-0.2, 0) is 4.74 Å². The molecule has 0 fully saturated rings. The van der Waals surface area contributed by atoms with Crippen molar-refractivity contribution in [2.45, 2.75) is 26.1 Å². The van der Waals surface area contributed by atoms with E-state index in [0.29, 0.717) is 5.75 Å². The summed E-state index contributed by atoms with van der Waals surface area (Å²) >= 11 is 0. The standard InChI is InChI=1S/C13H20O4/c1-10(2)16-8-11(14)9-17-13-6-4-5-12(7-13)15-3/h4-7,10-11,14H,8-9H2,1-3H3/t11-/m0/s1. The van der Waals surface area contributed by atoms with Gasteiger partial charge < -0.3 is 19.3 Å². The Bertz CT molecular complexity index is 325. The van der Waals surface area contributed by atoms with Gasteiger partial charge in [0.15, 0.2) is 0 Å². The number of hydrogen-bond acceptors (Lipinski definition) is 4. The van der Waals surface area contributed by atoms with Gasteiger partial charge in [0.1, 0.15) is 24.2 Å². The molecule has 1 aromatic rings. The van der Waals surface area contributed by atoms with Gasteiger partial charge in [-0.25, -0.2) is 0 Å². The quantitative estimate of drug-likeness (QED) is 0.790. The number of benzene rings is 1. The van der Waals surface area contributed by atoms with Crippen LogP contribution < -0.4 is 9.47 Å². The Morgan fingerprint density at radius 2 is 1.88 bits per heavy atom. The average molecular weight is 240 g/mol. The predicted octanol–water partition coefficient (Wildman–Crippen LogP) is 1.86. The van der Waals surface area contributed by atoms with Gasteiger partial charge in [-0.1, -0.05) is 6.07 Å². The SMILES string of the molecule is COc1cccc(OC[C@@H](O)COC(C)C)c1. The summed E-state index contributed by atoms with van der Waals surface area (Å²) in [7, 11) is 1.60. The number of ether oxygens (including phenoxy) is 3. The second kappa shape index (κ2) is 7.14. The Hall–Kier alpha value is -1.26. The zero-order chi connectivity index (χ0) is 12.7. The molecule has 0 saturated carbocycles. The minimum absolute atomic E-state index is 0.112. The Morgan fingerprint density at radius 1 is 1.18 bits per heavy atom. The van der Waals surface area contributed by atoms with Crippen LogP contribution in [0.5, 0.6) is 11.5 Å². The molecule has 0 aliphatic carbocycles. The Morgan fingerprint density at radius 3 is 2.53 bits per heavy atom. The molecule has 0 aliphatic heterocycles. The lowest BCUT2D eigenvalue weighted by molar-refractivity contribution is -0.0123. The maximum Gasteiger partial charge on any atom is 0.123 e. The second-order valence-electron chi connectivity index (χ2n) is 4.03. The molecule has 1 N–H and O–H groups in total. The number of hydrogen-bond donors (Lipinski definition) is 1. The van der Waals surface area contributed by atoms with Crippen LogP contribution in [-0.4, -0.2) is 37.6 Å². The van der Waals surface area contributed by atoms with Gasteiger partial charge in [-0.2, -0.15) is 0 Å². The monoisotopic (exact) mass is 240 g/mol. The summed E-state index contributed by atoms with van der Waals surface area (Å²) in [5.41, 5.74) is 0. The molecule has 1 atom stereocenters. The summed E-state index contributed by atoms with van der Waals surface area (Å²) in [6, 6.07) is 7.27. The molecule has 4 nitrogen and oxygen atoms in total. The van der Waals surface area contributed by atoms with Crippen LogP contribution in [0.2, 0.25) is 0 Å². The fraction of sp³-hybridized carbons (Fsp3) is 0.538. The molecule has 0 unspecified atom stereocenters. The smallest absolute Gasteiger partial charge is 0.123 e. The van der Waals surface area contributed by atoms with Crippen molar-refractivity contribution in [3.05, 3.63) is 24.3 Å². The van der Waals surface area contributed by atoms with Gasteiger partial charge in [-0.3, -0.25) is 0 Å². The molecule has 0 heterocycles. The highest BCUT2D eigenvalue weighted by Gasteiger charge is 2.07. The van der Waals surface area contributed by atoms with Crippen LogP contribution >= 0.6 is 0 Å². The summed E-state index contributed by atoms with van der Waals surface area (Å²) in [6.45, 7) is 4.34. The highest BCUT2D eigenvalue weighted by molar-refractivity contribution is 5.32. The minimum atomic E-state index is -0.622. The van der Waals surface area contributed by atoms with Gasteiger partial charge in [0.05, 0.1) is 19.8 Å². The van der Waals surface area contributed by atoms with Crippen LogP contribution in [0.4, 0.5) is 0 Å². The molecule has 4 heteroatoms. The van der Waals surface area contributed by atoms with E-state index in [1.54, 1.807) is 13.2 Å². The molecule has 0 aromatic heterocycles. The van der Waals surface area contributed by atoms with Crippen molar-refractivity contribution in [1.29, 1.82) is 0 Å². The van der Waals surface area contributed by atoms with E-state index >= 15 is 0 Å². The normalized spacial score (nSPS) is 12.5. The van der Waals surface area contributed by atoms with Crippen molar-refractivity contribution in [1.82, 2.24) is 0 Å². The Labute approximate surface area is 102 Å². The second-order valence-corrected chi connectivity index (χ2v) is 4.03. The van der Waals surface area contributed by atoms with Gasteiger partial charge in [0.2, 0.25) is 0 Å². The van der Waals surface area contributed by atoms with Crippen molar-refractivity contribution >= 4 is 0 Å². The minimum Gasteiger partial charge on any atom is -0.497 e. The van der Waals surface area contributed by atoms with E-state index in [-0.39, 0.29) is 19.3 Å². The fourth-order valence-corrected chi connectivity index (χ4v) is 1.24. The molecular formula is C13H20O4. The van der Waals surface area contributed by atoms with E-state index in [9.17, 15) is 5.11 Å². The summed E-state index contributed by atoms with van der Waals surface area (Å²) in [4.78, 5) is 0. The van der Waals surface area contributed by atoms with Crippen LogP contribution in [0.25, 0.3) is 0 Å². The van der Waals surface area contributed by atoms with Crippen LogP contribution in [0.1, 0.15) is 13.8 Å². The van der Waals surface area contributed by atoms with Gasteiger partial charge in [-0.05, 0) is 26.0 Å². The molecule has 1 rings (SSSR count). The van der Waals surface area contributed by atoms with Gasteiger partial charge in [0, 0.05) is 6.07 Å². The maximum atomic E-state index is 9.60. The van der Waals surface area contributed by atoms with Crippen molar-refractivity contribution in [3.8, 4) is 11.5 Å². The molecule has 96 valence electrons. The molecule has 0 aliphatic rings. The first-order valence-electron chi connectivity index (χ1n) is 5.68. The Balaban J connectivity index is 2.33. The van der Waals surface area contributed by atoms with Gasteiger partial charge >= 0.3 is 0 Å². The van der Waals surface area contributed by atoms with E-state index in [1.807, 2.05) is 32.0 Å². The topological polar surface area (TPSA) is 47.9 Å². The molecule has 17 heavy (non-hydrogen) atoms. The van der Waals surface area contributed by atoms with Gasteiger partial charge in [0.25, 0.3) is 0 Å². The third kappa shape index (κ3) is 5.56. The number of methoxy groups -OCH3 is 1. The lowest BCUT2D eigenvalue weighted by Gasteiger charge is -2.14. The Kier molecular flexibility index (Phi) is 5.80. The molecular weight excluding hydrogens is 220 g/mol. The maximum absolute atomic E-state index is 9.60. The van der Waals surface area contributed by atoms with Crippen LogP contribution in [0.15, 0.2) is 24.3 Å². The third-order valence-electron chi connectivity index (χ3n) is 2.11.